The minimum Gasteiger partial charge on any atom is -0.459 e. The molecule has 1 aliphatic heterocycles. The summed E-state index contributed by atoms with van der Waals surface area (Å²) in [5.41, 5.74) is 1.90. The van der Waals surface area contributed by atoms with E-state index in [1.165, 1.54) is 19.3 Å². The third-order valence-electron chi connectivity index (χ3n) is 5.75. The van der Waals surface area contributed by atoms with Crippen LogP contribution in [0.25, 0.3) is 0 Å². The van der Waals surface area contributed by atoms with Crippen molar-refractivity contribution >= 4 is 5.91 Å². The Labute approximate surface area is 168 Å². The Morgan fingerprint density at radius 3 is 2.50 bits per heavy atom. The van der Waals surface area contributed by atoms with Crippen molar-refractivity contribution in [2.24, 2.45) is 11.8 Å². The summed E-state index contributed by atoms with van der Waals surface area (Å²) >= 11 is 0. The van der Waals surface area contributed by atoms with Gasteiger partial charge in [-0.3, -0.25) is 4.79 Å². The number of carbonyl (C=O) groups excluding carboxylic acids is 1. The summed E-state index contributed by atoms with van der Waals surface area (Å²) in [5, 5.41) is 12.3. The predicted molar refractivity (Wildman–Crippen MR) is 108 cm³/mol. The van der Waals surface area contributed by atoms with Gasteiger partial charge in [0, 0.05) is 12.5 Å². The molecule has 1 aromatic rings. The van der Waals surface area contributed by atoms with Crippen LogP contribution >= 0.6 is 0 Å². The lowest BCUT2D eigenvalue weighted by molar-refractivity contribution is -0.155. The Bertz CT molecular complexity index is 662. The zero-order valence-corrected chi connectivity index (χ0v) is 17.0. The first-order valence-electron chi connectivity index (χ1n) is 10.5. The van der Waals surface area contributed by atoms with Crippen molar-refractivity contribution in [1.82, 2.24) is 5.32 Å². The van der Waals surface area contributed by atoms with Gasteiger partial charge in [0.05, 0.1) is 13.2 Å². The summed E-state index contributed by atoms with van der Waals surface area (Å²) in [6, 6.07) is 7.93. The number of nitrogens with one attached hydrogen (secondary N) is 1. The minimum absolute atomic E-state index is 0.0349. The second kappa shape index (κ2) is 10.1. The molecule has 1 aromatic carbocycles. The maximum Gasteiger partial charge on any atom is 0.286 e. The van der Waals surface area contributed by atoms with Crippen LogP contribution in [0.5, 0.6) is 0 Å². The molecule has 0 radical (unpaired) electrons. The lowest BCUT2D eigenvalue weighted by Gasteiger charge is -2.32. The molecule has 0 aromatic heterocycles. The molecule has 1 saturated carbocycles. The number of benzene rings is 1. The molecular formula is C23H33NO4. The SMILES string of the molecule is CC(C)[C@@H]1C=C(C(=O)NC2CCCCC2)O[C@H](OCc2ccc(CO)cc2)C1. The molecule has 1 heterocycles. The van der Waals surface area contributed by atoms with Crippen molar-refractivity contribution in [3.63, 3.8) is 0 Å². The Balaban J connectivity index is 1.59. The number of aliphatic hydroxyl groups excluding tert-OH is 1. The third-order valence-corrected chi connectivity index (χ3v) is 5.75. The maximum atomic E-state index is 12.7. The van der Waals surface area contributed by atoms with E-state index in [9.17, 15) is 4.79 Å². The van der Waals surface area contributed by atoms with E-state index in [0.29, 0.717) is 18.3 Å². The summed E-state index contributed by atoms with van der Waals surface area (Å²) in [7, 11) is 0. The highest BCUT2D eigenvalue weighted by atomic mass is 16.7. The van der Waals surface area contributed by atoms with Crippen LogP contribution in [0.2, 0.25) is 0 Å². The Morgan fingerprint density at radius 2 is 1.86 bits per heavy atom. The Morgan fingerprint density at radius 1 is 1.18 bits per heavy atom. The molecule has 2 aliphatic rings. The van der Waals surface area contributed by atoms with E-state index < -0.39 is 6.29 Å². The monoisotopic (exact) mass is 387 g/mol. The number of aliphatic hydroxyl groups is 1. The van der Waals surface area contributed by atoms with Gasteiger partial charge in [0.1, 0.15) is 0 Å². The molecular weight excluding hydrogens is 354 g/mol. The van der Waals surface area contributed by atoms with Crippen molar-refractivity contribution < 1.29 is 19.4 Å². The smallest absolute Gasteiger partial charge is 0.286 e. The van der Waals surface area contributed by atoms with E-state index in [1.54, 1.807) is 0 Å². The van der Waals surface area contributed by atoms with E-state index in [0.717, 1.165) is 30.4 Å². The fraction of sp³-hybridized carbons (Fsp3) is 0.609. The van der Waals surface area contributed by atoms with Crippen LogP contribution in [0.15, 0.2) is 36.1 Å². The number of rotatable bonds is 7. The van der Waals surface area contributed by atoms with Gasteiger partial charge in [-0.1, -0.05) is 57.4 Å². The summed E-state index contributed by atoms with van der Waals surface area (Å²) in [4.78, 5) is 12.7. The van der Waals surface area contributed by atoms with Gasteiger partial charge in [-0.2, -0.15) is 0 Å². The molecule has 5 heteroatoms. The van der Waals surface area contributed by atoms with Crippen molar-refractivity contribution in [2.45, 2.75) is 77.9 Å². The van der Waals surface area contributed by atoms with Crippen LogP contribution < -0.4 is 5.32 Å². The first-order chi connectivity index (χ1) is 13.5. The van der Waals surface area contributed by atoms with E-state index >= 15 is 0 Å². The molecule has 1 fully saturated rings. The highest BCUT2D eigenvalue weighted by Crippen LogP contribution is 2.29. The average Bonchev–Trinajstić information content (AvgIpc) is 2.73. The first kappa shape index (κ1) is 20.9. The molecule has 0 bridgehead atoms. The minimum atomic E-state index is -0.429. The second-order valence-electron chi connectivity index (χ2n) is 8.32. The number of hydrogen-bond acceptors (Lipinski definition) is 4. The third kappa shape index (κ3) is 5.82. The van der Waals surface area contributed by atoms with Gasteiger partial charge >= 0.3 is 0 Å². The molecule has 2 atom stereocenters. The van der Waals surface area contributed by atoms with Crippen LogP contribution in [0.3, 0.4) is 0 Å². The molecule has 154 valence electrons. The molecule has 3 rings (SSSR count). The van der Waals surface area contributed by atoms with Crippen LogP contribution in [-0.2, 0) is 27.5 Å². The standard InChI is InChI=1S/C23H33NO4/c1-16(2)19-12-21(23(26)24-20-6-4-3-5-7-20)28-22(13-19)27-15-18-10-8-17(14-25)9-11-18/h8-12,16,19-20,22,25H,3-7,13-15H2,1-2H3,(H,24,26)/t19-,22+/m1/s1. The summed E-state index contributed by atoms with van der Waals surface area (Å²) < 4.78 is 11.9. The Kier molecular flexibility index (Phi) is 7.51. The van der Waals surface area contributed by atoms with Gasteiger partial charge in [0.25, 0.3) is 5.91 Å². The molecule has 2 N–H and O–H groups in total. The molecule has 0 spiro atoms. The van der Waals surface area contributed by atoms with Gasteiger partial charge in [-0.15, -0.1) is 0 Å². The van der Waals surface area contributed by atoms with Gasteiger partial charge in [0.2, 0.25) is 6.29 Å². The number of hydrogen-bond donors (Lipinski definition) is 2. The zero-order valence-electron chi connectivity index (χ0n) is 17.0. The van der Waals surface area contributed by atoms with E-state index in [-0.39, 0.29) is 24.5 Å². The van der Waals surface area contributed by atoms with Crippen LogP contribution in [0.4, 0.5) is 0 Å². The average molecular weight is 388 g/mol. The highest BCUT2D eigenvalue weighted by molar-refractivity contribution is 5.91. The molecule has 5 nitrogen and oxygen atoms in total. The Hall–Kier alpha value is -1.85. The molecule has 0 saturated heterocycles. The van der Waals surface area contributed by atoms with Gasteiger partial charge in [-0.05, 0) is 41.9 Å². The lowest BCUT2D eigenvalue weighted by Crippen LogP contribution is -2.40. The fourth-order valence-electron chi connectivity index (χ4n) is 3.84. The number of amides is 1. The van der Waals surface area contributed by atoms with Crippen LogP contribution in [0.1, 0.15) is 63.5 Å². The van der Waals surface area contributed by atoms with Crippen LogP contribution in [-0.4, -0.2) is 23.3 Å². The topological polar surface area (TPSA) is 67.8 Å². The highest BCUT2D eigenvalue weighted by Gasteiger charge is 2.30. The van der Waals surface area contributed by atoms with Gasteiger partial charge in [-0.25, -0.2) is 0 Å². The lowest BCUT2D eigenvalue weighted by atomic mass is 9.90. The second-order valence-corrected chi connectivity index (χ2v) is 8.32. The molecule has 1 amide bonds. The summed E-state index contributed by atoms with van der Waals surface area (Å²) in [6.45, 7) is 4.77. The molecule has 0 unspecified atom stereocenters. The van der Waals surface area contributed by atoms with Crippen molar-refractivity contribution in [2.75, 3.05) is 0 Å². The van der Waals surface area contributed by atoms with Crippen molar-refractivity contribution in [1.29, 1.82) is 0 Å². The first-order valence-corrected chi connectivity index (χ1v) is 10.5. The van der Waals surface area contributed by atoms with E-state index in [4.69, 9.17) is 14.6 Å². The quantitative estimate of drug-likeness (QED) is 0.741. The number of carbonyl (C=O) groups is 1. The fourth-order valence-corrected chi connectivity index (χ4v) is 3.84. The van der Waals surface area contributed by atoms with Crippen molar-refractivity contribution in [3.05, 3.63) is 47.2 Å². The van der Waals surface area contributed by atoms with Crippen molar-refractivity contribution in [3.8, 4) is 0 Å². The normalized spacial score (nSPS) is 23.2. The zero-order chi connectivity index (χ0) is 19.9. The van der Waals surface area contributed by atoms with Gasteiger partial charge in [0.15, 0.2) is 5.76 Å². The maximum absolute atomic E-state index is 12.7. The predicted octanol–water partition coefficient (Wildman–Crippen LogP) is 4.05. The van der Waals surface area contributed by atoms with E-state index in [2.05, 4.69) is 19.2 Å². The molecule has 1 aliphatic carbocycles. The van der Waals surface area contributed by atoms with Gasteiger partial charge < -0.3 is 19.9 Å². The molecule has 28 heavy (non-hydrogen) atoms. The number of allylic oxidation sites excluding steroid dienone is 1. The summed E-state index contributed by atoms with van der Waals surface area (Å²) in [6.07, 6.45) is 8.01. The van der Waals surface area contributed by atoms with E-state index in [1.807, 2.05) is 30.3 Å². The summed E-state index contributed by atoms with van der Waals surface area (Å²) in [5.74, 6) is 0.952. The largest absolute Gasteiger partial charge is 0.459 e. The number of ether oxygens (including phenoxy) is 2. The van der Waals surface area contributed by atoms with Crippen LogP contribution in [0, 0.1) is 11.8 Å².